The van der Waals surface area contributed by atoms with E-state index in [0.29, 0.717) is 27.7 Å². The van der Waals surface area contributed by atoms with Crippen LogP contribution in [0.25, 0.3) is 16.6 Å². The molecule has 0 bridgehead atoms. The van der Waals surface area contributed by atoms with Gasteiger partial charge < -0.3 is 5.32 Å². The van der Waals surface area contributed by atoms with Crippen molar-refractivity contribution in [3.63, 3.8) is 0 Å². The molecule has 0 saturated heterocycles. The topological polar surface area (TPSA) is 64.0 Å². The molecule has 138 valence electrons. The van der Waals surface area contributed by atoms with Gasteiger partial charge in [0.2, 0.25) is 0 Å². The molecular weight excluding hydrogens is 357 g/mol. The van der Waals surface area contributed by atoms with Crippen LogP contribution < -0.4 is 10.9 Å². The van der Waals surface area contributed by atoms with Crippen LogP contribution >= 0.6 is 0 Å². The third-order valence-electron chi connectivity index (χ3n) is 4.42. The van der Waals surface area contributed by atoms with E-state index >= 15 is 0 Å². The minimum atomic E-state index is -0.361. The summed E-state index contributed by atoms with van der Waals surface area (Å²) in [4.78, 5) is 29.9. The van der Waals surface area contributed by atoms with Gasteiger partial charge in [-0.15, -0.1) is 0 Å². The van der Waals surface area contributed by atoms with Gasteiger partial charge in [0.1, 0.15) is 12.1 Å². The lowest BCUT2D eigenvalue weighted by Crippen LogP contribution is -2.27. The summed E-state index contributed by atoms with van der Waals surface area (Å²) in [5.41, 5.74) is 1.75. The van der Waals surface area contributed by atoms with Crippen molar-refractivity contribution in [1.29, 1.82) is 0 Å². The van der Waals surface area contributed by atoms with E-state index in [-0.39, 0.29) is 23.8 Å². The molecule has 0 aliphatic heterocycles. The van der Waals surface area contributed by atoms with Gasteiger partial charge in [0, 0.05) is 6.54 Å². The van der Waals surface area contributed by atoms with Crippen LogP contribution in [0.2, 0.25) is 0 Å². The second kappa shape index (κ2) is 7.44. The lowest BCUT2D eigenvalue weighted by Gasteiger charge is -2.12. The van der Waals surface area contributed by atoms with Gasteiger partial charge in [0.15, 0.2) is 0 Å². The molecule has 6 heteroatoms. The van der Waals surface area contributed by atoms with Crippen LogP contribution in [0.1, 0.15) is 15.9 Å². The standard InChI is InChI=1S/C22H16FN3O2/c23-16-7-5-6-15(12-16)13-24-21(27)18-9-2-4-11-20(18)26-14-25-19-10-3-1-8-17(19)22(26)28/h1-12,14H,13H2,(H,24,27). The summed E-state index contributed by atoms with van der Waals surface area (Å²) in [7, 11) is 0. The third-order valence-corrected chi connectivity index (χ3v) is 4.42. The molecule has 28 heavy (non-hydrogen) atoms. The second-order valence-corrected chi connectivity index (χ2v) is 6.27. The smallest absolute Gasteiger partial charge is 0.265 e. The lowest BCUT2D eigenvalue weighted by atomic mass is 10.1. The van der Waals surface area contributed by atoms with Crippen molar-refractivity contribution >= 4 is 16.8 Å². The molecular formula is C22H16FN3O2. The van der Waals surface area contributed by atoms with Crippen molar-refractivity contribution in [2.45, 2.75) is 6.54 Å². The molecule has 0 saturated carbocycles. The van der Waals surface area contributed by atoms with Crippen molar-refractivity contribution in [2.24, 2.45) is 0 Å². The maximum absolute atomic E-state index is 13.3. The number of carbonyl (C=O) groups excluding carboxylic acids is 1. The number of benzene rings is 3. The molecule has 4 aromatic rings. The highest BCUT2D eigenvalue weighted by Gasteiger charge is 2.14. The van der Waals surface area contributed by atoms with Gasteiger partial charge in [0.25, 0.3) is 11.5 Å². The number of aromatic nitrogens is 2. The van der Waals surface area contributed by atoms with Crippen molar-refractivity contribution in [3.05, 3.63) is 106 Å². The lowest BCUT2D eigenvalue weighted by molar-refractivity contribution is 0.0951. The fraction of sp³-hybridized carbons (Fsp3) is 0.0455. The van der Waals surface area contributed by atoms with Gasteiger partial charge in [-0.25, -0.2) is 9.37 Å². The largest absolute Gasteiger partial charge is 0.348 e. The zero-order chi connectivity index (χ0) is 19.5. The number of carbonyl (C=O) groups is 1. The van der Waals surface area contributed by atoms with Crippen LogP contribution in [0, 0.1) is 5.82 Å². The monoisotopic (exact) mass is 373 g/mol. The van der Waals surface area contributed by atoms with Gasteiger partial charge in [0.05, 0.1) is 22.2 Å². The first kappa shape index (κ1) is 17.6. The first-order valence-corrected chi connectivity index (χ1v) is 8.72. The highest BCUT2D eigenvalue weighted by Crippen LogP contribution is 2.15. The first-order chi connectivity index (χ1) is 13.6. The predicted octanol–water partition coefficient (Wildman–Crippen LogP) is 3.45. The Balaban J connectivity index is 1.68. The number of nitrogens with zero attached hydrogens (tertiary/aromatic N) is 2. The van der Waals surface area contributed by atoms with Crippen LogP contribution in [-0.2, 0) is 6.54 Å². The molecule has 0 unspecified atom stereocenters. The Hall–Kier alpha value is -3.80. The summed E-state index contributed by atoms with van der Waals surface area (Å²) in [6.07, 6.45) is 1.42. The van der Waals surface area contributed by atoms with E-state index in [1.165, 1.54) is 23.0 Å². The molecule has 1 N–H and O–H groups in total. The number of hydrogen-bond donors (Lipinski definition) is 1. The zero-order valence-corrected chi connectivity index (χ0v) is 14.8. The van der Waals surface area contributed by atoms with Crippen molar-refractivity contribution in [1.82, 2.24) is 14.9 Å². The molecule has 3 aromatic carbocycles. The van der Waals surface area contributed by atoms with E-state index in [2.05, 4.69) is 10.3 Å². The maximum Gasteiger partial charge on any atom is 0.265 e. The Bertz CT molecular complexity index is 1230. The normalized spacial score (nSPS) is 10.8. The van der Waals surface area contributed by atoms with Crippen molar-refractivity contribution in [2.75, 3.05) is 0 Å². The van der Waals surface area contributed by atoms with E-state index in [1.807, 2.05) is 6.07 Å². The Kier molecular flexibility index (Phi) is 4.68. The fourth-order valence-electron chi connectivity index (χ4n) is 3.04. The van der Waals surface area contributed by atoms with Crippen molar-refractivity contribution < 1.29 is 9.18 Å². The Morgan fingerprint density at radius 3 is 2.64 bits per heavy atom. The minimum Gasteiger partial charge on any atom is -0.348 e. The van der Waals surface area contributed by atoms with E-state index in [9.17, 15) is 14.0 Å². The van der Waals surface area contributed by atoms with E-state index in [0.717, 1.165) is 0 Å². The highest BCUT2D eigenvalue weighted by atomic mass is 19.1. The van der Waals surface area contributed by atoms with Crippen LogP contribution in [0.15, 0.2) is 83.9 Å². The number of fused-ring (bicyclic) bond motifs is 1. The molecule has 0 aliphatic carbocycles. The molecule has 4 rings (SSSR count). The van der Waals surface area contributed by atoms with Gasteiger partial charge in [-0.1, -0.05) is 36.4 Å². The average Bonchev–Trinajstić information content (AvgIpc) is 2.73. The highest BCUT2D eigenvalue weighted by molar-refractivity contribution is 5.97. The van der Waals surface area contributed by atoms with Crippen molar-refractivity contribution in [3.8, 4) is 5.69 Å². The van der Waals surface area contributed by atoms with Crippen LogP contribution in [0.4, 0.5) is 4.39 Å². The Morgan fingerprint density at radius 2 is 1.79 bits per heavy atom. The third kappa shape index (κ3) is 3.40. The van der Waals surface area contributed by atoms with Crippen LogP contribution in [-0.4, -0.2) is 15.5 Å². The Morgan fingerprint density at radius 1 is 1.00 bits per heavy atom. The molecule has 1 heterocycles. The minimum absolute atomic E-state index is 0.176. The van der Waals surface area contributed by atoms with Gasteiger partial charge in [-0.2, -0.15) is 0 Å². The Labute approximate surface area is 160 Å². The summed E-state index contributed by atoms with van der Waals surface area (Å²) in [5, 5.41) is 3.24. The zero-order valence-electron chi connectivity index (χ0n) is 14.8. The number of halogens is 1. The van der Waals surface area contributed by atoms with Gasteiger partial charge in [-0.05, 0) is 42.0 Å². The molecule has 0 spiro atoms. The summed E-state index contributed by atoms with van der Waals surface area (Å²) in [5.74, 6) is -0.721. The summed E-state index contributed by atoms with van der Waals surface area (Å²) < 4.78 is 14.7. The molecule has 5 nitrogen and oxygen atoms in total. The molecule has 0 fully saturated rings. The molecule has 0 atom stereocenters. The molecule has 1 amide bonds. The molecule has 0 radical (unpaired) electrons. The SMILES string of the molecule is O=C(NCc1cccc(F)c1)c1ccccc1-n1cnc2ccccc2c1=O. The van der Waals surface area contributed by atoms with Crippen LogP contribution in [0.5, 0.6) is 0 Å². The predicted molar refractivity (Wildman–Crippen MR) is 105 cm³/mol. The maximum atomic E-state index is 13.3. The number of hydrogen-bond acceptors (Lipinski definition) is 3. The molecule has 1 aromatic heterocycles. The van der Waals surface area contributed by atoms with Crippen LogP contribution in [0.3, 0.4) is 0 Å². The van der Waals surface area contributed by atoms with Gasteiger partial charge in [-0.3, -0.25) is 14.2 Å². The summed E-state index contributed by atoms with van der Waals surface area (Å²) in [6, 6.07) is 19.9. The molecule has 0 aliphatic rings. The second-order valence-electron chi connectivity index (χ2n) is 6.27. The average molecular weight is 373 g/mol. The first-order valence-electron chi connectivity index (χ1n) is 8.72. The number of rotatable bonds is 4. The number of nitrogens with one attached hydrogen (secondary N) is 1. The summed E-state index contributed by atoms with van der Waals surface area (Å²) >= 11 is 0. The number of para-hydroxylation sites is 2. The summed E-state index contributed by atoms with van der Waals surface area (Å²) in [6.45, 7) is 0.176. The number of amides is 1. The van der Waals surface area contributed by atoms with Gasteiger partial charge >= 0.3 is 0 Å². The quantitative estimate of drug-likeness (QED) is 0.596. The van der Waals surface area contributed by atoms with E-state index < -0.39 is 0 Å². The van der Waals surface area contributed by atoms with E-state index in [1.54, 1.807) is 54.6 Å². The fourth-order valence-corrected chi connectivity index (χ4v) is 3.04. The van der Waals surface area contributed by atoms with E-state index in [4.69, 9.17) is 0 Å².